The van der Waals surface area contributed by atoms with Gasteiger partial charge < -0.3 is 15.2 Å². The van der Waals surface area contributed by atoms with Crippen LogP contribution in [-0.4, -0.2) is 10.5 Å². The van der Waals surface area contributed by atoms with Gasteiger partial charge in [0.25, 0.3) is 5.91 Å². The van der Waals surface area contributed by atoms with Crippen molar-refractivity contribution in [1.29, 1.82) is 0 Å². The van der Waals surface area contributed by atoms with E-state index < -0.39 is 0 Å². The van der Waals surface area contributed by atoms with Gasteiger partial charge in [0.1, 0.15) is 11.2 Å². The maximum absolute atomic E-state index is 12.9. The molecule has 3 heterocycles. The molecular weight excluding hydrogens is 330 g/mol. The van der Waals surface area contributed by atoms with Crippen LogP contribution in [0.15, 0.2) is 30.5 Å². The van der Waals surface area contributed by atoms with Crippen LogP contribution in [0.1, 0.15) is 45.9 Å². The fourth-order valence-corrected chi connectivity index (χ4v) is 5.66. The average molecular weight is 351 g/mol. The highest BCUT2D eigenvalue weighted by Gasteiger charge is 2.33. The summed E-state index contributed by atoms with van der Waals surface area (Å²) in [6.45, 7) is 2.30. The predicted octanol–water partition coefficient (Wildman–Crippen LogP) is 4.22. The van der Waals surface area contributed by atoms with Crippen LogP contribution < -0.4 is 10.6 Å². The number of amides is 1. The predicted molar refractivity (Wildman–Crippen MR) is 102 cm³/mol. The Morgan fingerprint density at radius 2 is 2.08 bits per heavy atom. The van der Waals surface area contributed by atoms with Gasteiger partial charge >= 0.3 is 0 Å². The van der Waals surface area contributed by atoms with Gasteiger partial charge in [0.2, 0.25) is 0 Å². The second kappa shape index (κ2) is 5.36. The Kier molecular flexibility index (Phi) is 3.22. The molecular formula is C20H21N3OS. The number of hydrogen-bond acceptors (Lipinski definition) is 3. The van der Waals surface area contributed by atoms with Gasteiger partial charge in [-0.05, 0) is 36.8 Å². The van der Waals surface area contributed by atoms with Crippen molar-refractivity contribution < 1.29 is 4.79 Å². The summed E-state index contributed by atoms with van der Waals surface area (Å²) in [5, 5.41) is 9.00. The summed E-state index contributed by atoms with van der Waals surface area (Å²) in [5.41, 5.74) is 4.47. The molecule has 0 radical (unpaired) electrons. The SMILES string of the molecule is C[C@@H]1CCc2c(sc3c2C(=O)N[C@H](c2cn(C)c4ccccc24)N3)C1. The first-order valence-electron chi connectivity index (χ1n) is 8.87. The van der Waals surface area contributed by atoms with Gasteiger partial charge in [-0.25, -0.2) is 0 Å². The van der Waals surface area contributed by atoms with Gasteiger partial charge in [0, 0.05) is 34.6 Å². The van der Waals surface area contributed by atoms with Crippen molar-refractivity contribution in [2.24, 2.45) is 13.0 Å². The number of nitrogens with one attached hydrogen (secondary N) is 2. The fourth-order valence-electron chi connectivity index (χ4n) is 4.22. The molecule has 128 valence electrons. The lowest BCUT2D eigenvalue weighted by atomic mass is 9.88. The molecule has 5 heteroatoms. The third-order valence-corrected chi connectivity index (χ3v) is 6.71. The van der Waals surface area contributed by atoms with Crippen molar-refractivity contribution in [2.75, 3.05) is 5.32 Å². The summed E-state index contributed by atoms with van der Waals surface area (Å²) in [6, 6.07) is 8.33. The molecule has 3 aromatic rings. The standard InChI is InChI=1S/C20H21N3OS/c1-11-7-8-13-16(9-11)25-20-17(13)19(24)21-18(22-20)14-10-23(2)15-6-4-3-5-12(14)15/h3-6,10-11,18,22H,7-9H2,1-2H3,(H,21,24)/t11-,18+/m1/s1. The molecule has 2 atom stereocenters. The summed E-state index contributed by atoms with van der Waals surface area (Å²) < 4.78 is 2.12. The minimum absolute atomic E-state index is 0.0683. The monoisotopic (exact) mass is 351 g/mol. The number of para-hydroxylation sites is 1. The van der Waals surface area contributed by atoms with Crippen LogP contribution in [-0.2, 0) is 19.9 Å². The normalized spacial score (nSPS) is 22.2. The number of carbonyl (C=O) groups is 1. The highest BCUT2D eigenvalue weighted by Crippen LogP contribution is 2.43. The molecule has 0 bridgehead atoms. The largest absolute Gasteiger partial charge is 0.353 e. The molecule has 0 saturated heterocycles. The fraction of sp³-hybridized carbons (Fsp3) is 0.350. The first kappa shape index (κ1) is 15.0. The van der Waals surface area contributed by atoms with Crippen LogP contribution in [0.2, 0.25) is 0 Å². The Balaban J connectivity index is 1.58. The molecule has 0 unspecified atom stereocenters. The number of carbonyl (C=O) groups excluding carboxylic acids is 1. The van der Waals surface area contributed by atoms with E-state index in [-0.39, 0.29) is 12.1 Å². The number of rotatable bonds is 1. The lowest BCUT2D eigenvalue weighted by Gasteiger charge is -2.26. The molecule has 2 N–H and O–H groups in total. The Bertz CT molecular complexity index is 1000. The van der Waals surface area contributed by atoms with Gasteiger partial charge in [0.05, 0.1) is 5.56 Å². The second-order valence-corrected chi connectivity index (χ2v) is 8.42. The zero-order valence-electron chi connectivity index (χ0n) is 14.4. The van der Waals surface area contributed by atoms with Crippen LogP contribution in [0.4, 0.5) is 5.00 Å². The molecule has 1 aliphatic heterocycles. The molecule has 0 saturated carbocycles. The quantitative estimate of drug-likeness (QED) is 0.689. The third kappa shape index (κ3) is 2.22. The van der Waals surface area contributed by atoms with Crippen molar-refractivity contribution in [3.63, 3.8) is 0 Å². The van der Waals surface area contributed by atoms with E-state index in [1.54, 1.807) is 11.3 Å². The number of aromatic nitrogens is 1. The Morgan fingerprint density at radius 3 is 2.96 bits per heavy atom. The van der Waals surface area contributed by atoms with E-state index in [9.17, 15) is 4.79 Å². The number of benzene rings is 1. The minimum atomic E-state index is -0.177. The maximum Gasteiger partial charge on any atom is 0.256 e. The smallest absolute Gasteiger partial charge is 0.256 e. The molecule has 1 aliphatic carbocycles. The lowest BCUT2D eigenvalue weighted by molar-refractivity contribution is 0.0935. The van der Waals surface area contributed by atoms with E-state index in [0.29, 0.717) is 5.92 Å². The van der Waals surface area contributed by atoms with E-state index in [1.165, 1.54) is 27.8 Å². The number of hydrogen-bond donors (Lipinski definition) is 2. The van der Waals surface area contributed by atoms with Gasteiger partial charge in [-0.3, -0.25) is 4.79 Å². The van der Waals surface area contributed by atoms with Gasteiger partial charge in [-0.1, -0.05) is 25.1 Å². The number of nitrogens with zero attached hydrogens (tertiary/aromatic N) is 1. The average Bonchev–Trinajstić information content (AvgIpc) is 3.12. The van der Waals surface area contributed by atoms with Crippen molar-refractivity contribution >= 4 is 33.1 Å². The number of aryl methyl sites for hydroxylation is 1. The lowest BCUT2D eigenvalue weighted by Crippen LogP contribution is -2.38. The Morgan fingerprint density at radius 1 is 1.24 bits per heavy atom. The van der Waals surface area contributed by atoms with Crippen LogP contribution in [0, 0.1) is 5.92 Å². The summed E-state index contributed by atoms with van der Waals surface area (Å²) in [6.07, 6.45) is 5.24. The van der Waals surface area contributed by atoms with Crippen molar-refractivity contribution in [3.8, 4) is 0 Å². The van der Waals surface area contributed by atoms with Crippen LogP contribution >= 0.6 is 11.3 Å². The molecule has 25 heavy (non-hydrogen) atoms. The second-order valence-electron chi connectivity index (χ2n) is 7.32. The maximum atomic E-state index is 12.9. The highest BCUT2D eigenvalue weighted by atomic mass is 32.1. The molecule has 1 amide bonds. The molecule has 2 aromatic heterocycles. The summed E-state index contributed by atoms with van der Waals surface area (Å²) >= 11 is 1.78. The first-order chi connectivity index (χ1) is 12.1. The molecule has 2 aliphatic rings. The molecule has 5 rings (SSSR count). The number of fused-ring (bicyclic) bond motifs is 4. The highest BCUT2D eigenvalue weighted by molar-refractivity contribution is 7.16. The molecule has 0 fully saturated rings. The zero-order chi connectivity index (χ0) is 17.1. The van der Waals surface area contributed by atoms with E-state index in [0.717, 1.165) is 29.0 Å². The van der Waals surface area contributed by atoms with Crippen molar-refractivity contribution in [2.45, 2.75) is 32.4 Å². The summed E-state index contributed by atoms with van der Waals surface area (Å²) in [4.78, 5) is 14.3. The molecule has 4 nitrogen and oxygen atoms in total. The summed E-state index contributed by atoms with van der Waals surface area (Å²) in [5.74, 6) is 0.781. The van der Waals surface area contributed by atoms with E-state index in [1.807, 2.05) is 19.2 Å². The molecule has 0 spiro atoms. The first-order valence-corrected chi connectivity index (χ1v) is 9.69. The summed E-state index contributed by atoms with van der Waals surface area (Å²) in [7, 11) is 2.05. The molecule has 1 aromatic carbocycles. The number of anilines is 1. The van der Waals surface area contributed by atoms with E-state index >= 15 is 0 Å². The Hall–Kier alpha value is -2.27. The van der Waals surface area contributed by atoms with Gasteiger partial charge in [-0.2, -0.15) is 0 Å². The topological polar surface area (TPSA) is 46.1 Å². The van der Waals surface area contributed by atoms with E-state index in [2.05, 4.69) is 40.5 Å². The van der Waals surface area contributed by atoms with Crippen LogP contribution in [0.25, 0.3) is 10.9 Å². The van der Waals surface area contributed by atoms with Crippen LogP contribution in [0.5, 0.6) is 0 Å². The Labute approximate surface area is 150 Å². The zero-order valence-corrected chi connectivity index (χ0v) is 15.2. The minimum Gasteiger partial charge on any atom is -0.353 e. The van der Waals surface area contributed by atoms with Crippen LogP contribution in [0.3, 0.4) is 0 Å². The van der Waals surface area contributed by atoms with Gasteiger partial charge in [0.15, 0.2) is 0 Å². The van der Waals surface area contributed by atoms with Crippen molar-refractivity contribution in [1.82, 2.24) is 9.88 Å². The van der Waals surface area contributed by atoms with E-state index in [4.69, 9.17) is 0 Å². The van der Waals surface area contributed by atoms with Crippen molar-refractivity contribution in [3.05, 3.63) is 52.0 Å². The third-order valence-electron chi connectivity index (χ3n) is 5.53. The number of thiophene rings is 1. The van der Waals surface area contributed by atoms with Gasteiger partial charge in [-0.15, -0.1) is 11.3 Å².